The van der Waals surface area contributed by atoms with Gasteiger partial charge in [-0.15, -0.1) is 0 Å². The predicted molar refractivity (Wildman–Crippen MR) is 87.8 cm³/mol. The summed E-state index contributed by atoms with van der Waals surface area (Å²) in [6.45, 7) is 5.58. The van der Waals surface area contributed by atoms with Crippen molar-refractivity contribution < 1.29 is 27.1 Å². The summed E-state index contributed by atoms with van der Waals surface area (Å²) in [5, 5.41) is 3.16. The molecule has 144 valence electrons. The summed E-state index contributed by atoms with van der Waals surface area (Å²) >= 11 is 0. The Morgan fingerprint density at radius 3 is 2.52 bits per heavy atom. The zero-order valence-corrected chi connectivity index (χ0v) is 15.1. The van der Waals surface area contributed by atoms with Gasteiger partial charge in [0, 0.05) is 18.7 Å². The Kier molecular flexibility index (Phi) is 4.44. The number of fused-ring (bicyclic) bond motifs is 1. The molecule has 3 aromatic heterocycles. The van der Waals surface area contributed by atoms with Gasteiger partial charge in [-0.3, -0.25) is 0 Å². The van der Waals surface area contributed by atoms with Crippen LogP contribution < -0.4 is 0 Å². The second-order valence-corrected chi connectivity index (χ2v) is 7.01. The molecule has 0 saturated heterocycles. The Hall–Kier alpha value is -2.91. The maximum Gasteiger partial charge on any atom is 0.435 e. The van der Waals surface area contributed by atoms with E-state index in [-0.39, 0.29) is 34.5 Å². The average Bonchev–Trinajstić information content (AvgIpc) is 3.16. The number of carbonyl (C=O) groups excluding carboxylic acids is 1. The first-order valence-corrected chi connectivity index (χ1v) is 7.99. The molecule has 27 heavy (non-hydrogen) atoms. The van der Waals surface area contributed by atoms with Crippen LogP contribution in [0.25, 0.3) is 11.0 Å². The molecule has 0 amide bonds. The predicted octanol–water partition coefficient (Wildman–Crippen LogP) is 3.63. The lowest BCUT2D eigenvalue weighted by molar-refractivity contribution is -0.140. The van der Waals surface area contributed by atoms with Crippen LogP contribution in [-0.2, 0) is 30.0 Å². The molecule has 0 radical (unpaired) electrons. The van der Waals surface area contributed by atoms with E-state index >= 15 is 0 Å². The molecule has 3 aromatic rings. The van der Waals surface area contributed by atoms with Gasteiger partial charge in [0.05, 0.1) is 17.1 Å². The highest BCUT2D eigenvalue weighted by Gasteiger charge is 2.37. The smallest absolute Gasteiger partial charge is 0.435 e. The minimum atomic E-state index is -4.66. The van der Waals surface area contributed by atoms with Gasteiger partial charge in [-0.1, -0.05) is 20.8 Å². The summed E-state index contributed by atoms with van der Waals surface area (Å²) < 4.78 is 50.9. The minimum Gasteiger partial charge on any atom is -0.452 e. The monoisotopic (exact) mass is 382 g/mol. The molecule has 0 saturated carbocycles. The number of carbonyl (C=O) groups is 1. The van der Waals surface area contributed by atoms with E-state index < -0.39 is 17.8 Å². The summed E-state index contributed by atoms with van der Waals surface area (Å²) in [6.07, 6.45) is -1.98. The van der Waals surface area contributed by atoms with Crippen LogP contribution in [0.2, 0.25) is 0 Å². The zero-order valence-electron chi connectivity index (χ0n) is 15.1. The normalized spacial score (nSPS) is 12.6. The molecule has 0 fully saturated rings. The van der Waals surface area contributed by atoms with Gasteiger partial charge in [-0.2, -0.15) is 18.3 Å². The molecule has 0 atom stereocenters. The third kappa shape index (κ3) is 3.79. The van der Waals surface area contributed by atoms with E-state index in [1.165, 1.54) is 7.05 Å². The highest BCUT2D eigenvalue weighted by Crippen LogP contribution is 2.33. The number of halogens is 3. The summed E-state index contributed by atoms with van der Waals surface area (Å²) in [5.41, 5.74) is -1.46. The van der Waals surface area contributed by atoms with Crippen LogP contribution in [0, 0.1) is 0 Å². The summed E-state index contributed by atoms with van der Waals surface area (Å²) in [7, 11) is 1.35. The first-order valence-electron chi connectivity index (χ1n) is 7.99. The largest absolute Gasteiger partial charge is 0.452 e. The van der Waals surface area contributed by atoms with Gasteiger partial charge < -0.3 is 9.15 Å². The van der Waals surface area contributed by atoms with Gasteiger partial charge in [0.15, 0.2) is 17.9 Å². The molecule has 0 aliphatic rings. The third-order valence-corrected chi connectivity index (χ3v) is 3.80. The van der Waals surface area contributed by atoms with Crippen molar-refractivity contribution in [1.29, 1.82) is 0 Å². The van der Waals surface area contributed by atoms with E-state index in [0.29, 0.717) is 5.76 Å². The standard InChI is InChI=1S/C17H17F3N4O3/c1-16(2,3)11-7-21-12(27-11)8-26-15(25)9-5-10-13(17(18,19)20)23-24(4)14(10)22-6-9/h5-7H,8H2,1-4H3. The van der Waals surface area contributed by atoms with E-state index in [4.69, 9.17) is 9.15 Å². The van der Waals surface area contributed by atoms with Crippen LogP contribution in [-0.4, -0.2) is 25.7 Å². The molecule has 3 rings (SSSR count). The Bertz CT molecular complexity index is 999. The van der Waals surface area contributed by atoms with E-state index in [2.05, 4.69) is 15.1 Å². The second-order valence-electron chi connectivity index (χ2n) is 7.01. The lowest BCUT2D eigenvalue weighted by Crippen LogP contribution is -2.09. The van der Waals surface area contributed by atoms with Crippen molar-refractivity contribution in [3.63, 3.8) is 0 Å². The second kappa shape index (κ2) is 6.36. The Balaban J connectivity index is 1.81. The van der Waals surface area contributed by atoms with Crippen LogP contribution in [0.3, 0.4) is 0 Å². The topological polar surface area (TPSA) is 83.0 Å². The molecular weight excluding hydrogens is 365 g/mol. The summed E-state index contributed by atoms with van der Waals surface area (Å²) in [6, 6.07) is 1.07. The van der Waals surface area contributed by atoms with Crippen LogP contribution in [0.4, 0.5) is 13.2 Å². The summed E-state index contributed by atoms with van der Waals surface area (Å²) in [4.78, 5) is 20.1. The molecule has 3 heterocycles. The number of aromatic nitrogens is 4. The lowest BCUT2D eigenvalue weighted by atomic mass is 9.94. The van der Waals surface area contributed by atoms with Gasteiger partial charge in [-0.05, 0) is 6.07 Å². The van der Waals surface area contributed by atoms with Gasteiger partial charge in [-0.25, -0.2) is 19.4 Å². The van der Waals surface area contributed by atoms with Gasteiger partial charge in [0.2, 0.25) is 5.89 Å². The maximum absolute atomic E-state index is 13.1. The van der Waals surface area contributed by atoms with Crippen molar-refractivity contribution in [1.82, 2.24) is 19.7 Å². The number of pyridine rings is 1. The fourth-order valence-corrected chi connectivity index (χ4v) is 2.40. The zero-order chi connectivity index (χ0) is 20.0. The number of rotatable bonds is 3. The van der Waals surface area contributed by atoms with Crippen molar-refractivity contribution in [3.8, 4) is 0 Å². The molecule has 0 aliphatic heterocycles. The number of oxazole rings is 1. The molecule has 7 nitrogen and oxygen atoms in total. The third-order valence-electron chi connectivity index (χ3n) is 3.80. The number of hydrogen-bond donors (Lipinski definition) is 0. The van der Waals surface area contributed by atoms with Gasteiger partial charge in [0.25, 0.3) is 0 Å². The molecule has 0 unspecified atom stereocenters. The molecule has 0 aliphatic carbocycles. The highest BCUT2D eigenvalue weighted by atomic mass is 19.4. The number of hydrogen-bond acceptors (Lipinski definition) is 6. The van der Waals surface area contributed by atoms with E-state index in [0.717, 1.165) is 16.9 Å². The number of alkyl halides is 3. The van der Waals surface area contributed by atoms with Crippen molar-refractivity contribution in [3.05, 3.63) is 41.4 Å². The SMILES string of the molecule is Cn1nc(C(F)(F)F)c2cc(C(=O)OCc3ncc(C(C)(C)C)o3)cnc21. The van der Waals surface area contributed by atoms with Crippen LogP contribution in [0.5, 0.6) is 0 Å². The lowest BCUT2D eigenvalue weighted by Gasteiger charge is -2.13. The van der Waals surface area contributed by atoms with Gasteiger partial charge >= 0.3 is 12.1 Å². The Morgan fingerprint density at radius 1 is 1.22 bits per heavy atom. The molecule has 10 heteroatoms. The maximum atomic E-state index is 13.1. The first kappa shape index (κ1) is 18.9. The first-order chi connectivity index (χ1) is 12.5. The number of ether oxygens (including phenoxy) is 1. The van der Waals surface area contributed by atoms with E-state index in [9.17, 15) is 18.0 Å². The summed E-state index contributed by atoms with van der Waals surface area (Å²) in [5.74, 6) is -0.0154. The fraction of sp³-hybridized carbons (Fsp3) is 0.412. The molecule has 0 aromatic carbocycles. The Labute approximate surface area is 152 Å². The van der Waals surface area contributed by atoms with E-state index in [1.807, 2.05) is 20.8 Å². The van der Waals surface area contributed by atoms with Crippen molar-refractivity contribution in [2.24, 2.45) is 7.05 Å². The number of esters is 1. The van der Waals surface area contributed by atoms with Crippen LogP contribution in [0.1, 0.15) is 48.5 Å². The fourth-order valence-electron chi connectivity index (χ4n) is 2.40. The van der Waals surface area contributed by atoms with Gasteiger partial charge in [0.1, 0.15) is 5.76 Å². The van der Waals surface area contributed by atoms with Crippen molar-refractivity contribution in [2.75, 3.05) is 0 Å². The van der Waals surface area contributed by atoms with Crippen molar-refractivity contribution in [2.45, 2.75) is 39.0 Å². The van der Waals surface area contributed by atoms with Crippen LogP contribution >= 0.6 is 0 Å². The molecule has 0 spiro atoms. The molecular formula is C17H17F3N4O3. The Morgan fingerprint density at radius 2 is 1.93 bits per heavy atom. The molecule has 0 bridgehead atoms. The number of nitrogens with zero attached hydrogens (tertiary/aromatic N) is 4. The van der Waals surface area contributed by atoms with Crippen molar-refractivity contribution >= 4 is 17.0 Å². The number of aryl methyl sites for hydroxylation is 1. The van der Waals surface area contributed by atoms with Crippen LogP contribution in [0.15, 0.2) is 22.9 Å². The van der Waals surface area contributed by atoms with E-state index in [1.54, 1.807) is 6.20 Å². The quantitative estimate of drug-likeness (QED) is 0.644. The minimum absolute atomic E-state index is 0.0152. The highest BCUT2D eigenvalue weighted by molar-refractivity contribution is 5.93. The average molecular weight is 382 g/mol. The molecule has 0 N–H and O–H groups in total.